The smallest absolute Gasteiger partial charge is 0.0946 e. The molecular weight excluding hydrogens is 212 g/mol. The molecule has 1 aromatic heterocycles. The van der Waals surface area contributed by atoms with Gasteiger partial charge in [0.1, 0.15) is 0 Å². The summed E-state index contributed by atoms with van der Waals surface area (Å²) in [6, 6.07) is 8.42. The standard InChI is InChI=1S/C13H18N4/c1-16(2)13-5-3-12(4-6-13)15-8-10-17-9-7-14-11-17/h3-7,9,11,15H,8,10H2,1-2H3. The van der Waals surface area contributed by atoms with Crippen molar-refractivity contribution in [2.75, 3.05) is 30.9 Å². The van der Waals surface area contributed by atoms with E-state index in [1.165, 1.54) is 5.69 Å². The van der Waals surface area contributed by atoms with Gasteiger partial charge in [-0.05, 0) is 24.3 Å². The van der Waals surface area contributed by atoms with Gasteiger partial charge >= 0.3 is 0 Å². The highest BCUT2D eigenvalue weighted by Crippen LogP contribution is 2.15. The first-order valence-electron chi connectivity index (χ1n) is 5.73. The van der Waals surface area contributed by atoms with Gasteiger partial charge in [0.15, 0.2) is 0 Å². The SMILES string of the molecule is CN(C)c1ccc(NCCn2ccnc2)cc1. The van der Waals surface area contributed by atoms with E-state index in [1.54, 1.807) is 6.20 Å². The van der Waals surface area contributed by atoms with Crippen molar-refractivity contribution >= 4 is 11.4 Å². The fourth-order valence-corrected chi connectivity index (χ4v) is 1.63. The molecule has 0 atom stereocenters. The second-order valence-electron chi connectivity index (χ2n) is 4.17. The minimum absolute atomic E-state index is 0.900. The zero-order valence-corrected chi connectivity index (χ0v) is 10.3. The minimum atomic E-state index is 0.900. The van der Waals surface area contributed by atoms with Crippen molar-refractivity contribution in [3.8, 4) is 0 Å². The van der Waals surface area contributed by atoms with Crippen LogP contribution in [-0.2, 0) is 6.54 Å². The van der Waals surface area contributed by atoms with E-state index in [9.17, 15) is 0 Å². The number of aromatic nitrogens is 2. The highest BCUT2D eigenvalue weighted by Gasteiger charge is 1.95. The number of nitrogens with one attached hydrogen (secondary N) is 1. The van der Waals surface area contributed by atoms with E-state index in [2.05, 4.69) is 44.0 Å². The van der Waals surface area contributed by atoms with Crippen LogP contribution >= 0.6 is 0 Å². The summed E-state index contributed by atoms with van der Waals surface area (Å²) in [5, 5.41) is 3.38. The van der Waals surface area contributed by atoms with E-state index in [4.69, 9.17) is 0 Å². The molecule has 0 aliphatic carbocycles. The van der Waals surface area contributed by atoms with Crippen LogP contribution < -0.4 is 10.2 Å². The Morgan fingerprint density at radius 1 is 1.24 bits per heavy atom. The van der Waals surface area contributed by atoms with Crippen LogP contribution in [0.4, 0.5) is 11.4 Å². The van der Waals surface area contributed by atoms with Gasteiger partial charge in [-0.1, -0.05) is 0 Å². The normalized spacial score (nSPS) is 10.2. The average molecular weight is 230 g/mol. The molecule has 0 saturated heterocycles. The average Bonchev–Trinajstić information content (AvgIpc) is 2.83. The molecule has 0 fully saturated rings. The molecule has 90 valence electrons. The largest absolute Gasteiger partial charge is 0.383 e. The lowest BCUT2D eigenvalue weighted by atomic mass is 10.2. The van der Waals surface area contributed by atoms with Gasteiger partial charge in [-0.15, -0.1) is 0 Å². The molecule has 0 amide bonds. The maximum absolute atomic E-state index is 4.01. The van der Waals surface area contributed by atoms with Gasteiger partial charge in [-0.25, -0.2) is 4.98 Å². The van der Waals surface area contributed by atoms with Gasteiger partial charge in [-0.2, -0.15) is 0 Å². The second-order valence-corrected chi connectivity index (χ2v) is 4.17. The van der Waals surface area contributed by atoms with Gasteiger partial charge in [0.25, 0.3) is 0 Å². The van der Waals surface area contributed by atoms with Crippen molar-refractivity contribution in [3.05, 3.63) is 43.0 Å². The number of rotatable bonds is 5. The Labute approximate surface area is 102 Å². The van der Waals surface area contributed by atoms with E-state index in [0.717, 1.165) is 18.8 Å². The maximum atomic E-state index is 4.01. The predicted octanol–water partition coefficient (Wildman–Crippen LogP) is 2.06. The second kappa shape index (κ2) is 5.39. The first kappa shape index (κ1) is 11.5. The van der Waals surface area contributed by atoms with E-state index in [1.807, 2.05) is 26.6 Å². The Bertz CT molecular complexity index is 431. The van der Waals surface area contributed by atoms with Gasteiger partial charge in [-0.3, -0.25) is 0 Å². The van der Waals surface area contributed by atoms with Gasteiger partial charge in [0.05, 0.1) is 6.33 Å². The quantitative estimate of drug-likeness (QED) is 0.853. The molecule has 0 aliphatic rings. The Balaban J connectivity index is 1.83. The fourth-order valence-electron chi connectivity index (χ4n) is 1.63. The third-order valence-corrected chi connectivity index (χ3v) is 2.64. The van der Waals surface area contributed by atoms with E-state index >= 15 is 0 Å². The van der Waals surface area contributed by atoms with Crippen LogP contribution in [0.1, 0.15) is 0 Å². The minimum Gasteiger partial charge on any atom is -0.383 e. The Kier molecular flexibility index (Phi) is 3.65. The van der Waals surface area contributed by atoms with Crippen molar-refractivity contribution in [1.82, 2.24) is 9.55 Å². The monoisotopic (exact) mass is 230 g/mol. The highest BCUT2D eigenvalue weighted by molar-refractivity contribution is 5.54. The molecule has 17 heavy (non-hydrogen) atoms. The predicted molar refractivity (Wildman–Crippen MR) is 71.5 cm³/mol. The lowest BCUT2D eigenvalue weighted by molar-refractivity contribution is 0.727. The van der Waals surface area contributed by atoms with Crippen molar-refractivity contribution in [2.24, 2.45) is 0 Å². The highest BCUT2D eigenvalue weighted by atomic mass is 15.1. The van der Waals surface area contributed by atoms with Crippen molar-refractivity contribution in [3.63, 3.8) is 0 Å². The van der Waals surface area contributed by atoms with E-state index in [-0.39, 0.29) is 0 Å². The molecule has 1 aromatic carbocycles. The number of hydrogen-bond acceptors (Lipinski definition) is 3. The van der Waals surface area contributed by atoms with Gasteiger partial charge < -0.3 is 14.8 Å². The first-order chi connectivity index (χ1) is 8.25. The molecule has 0 spiro atoms. The summed E-state index contributed by atoms with van der Waals surface area (Å²) in [5.74, 6) is 0. The van der Waals surface area contributed by atoms with Crippen LogP contribution in [-0.4, -0.2) is 30.2 Å². The van der Waals surface area contributed by atoms with Crippen molar-refractivity contribution in [1.29, 1.82) is 0 Å². The van der Waals surface area contributed by atoms with Crippen LogP contribution in [0, 0.1) is 0 Å². The summed E-state index contributed by atoms with van der Waals surface area (Å²) in [4.78, 5) is 6.10. The topological polar surface area (TPSA) is 33.1 Å². The summed E-state index contributed by atoms with van der Waals surface area (Å²) in [6.45, 7) is 1.83. The summed E-state index contributed by atoms with van der Waals surface area (Å²) >= 11 is 0. The van der Waals surface area contributed by atoms with Crippen LogP contribution in [0.25, 0.3) is 0 Å². The Morgan fingerprint density at radius 3 is 2.59 bits per heavy atom. The summed E-state index contributed by atoms with van der Waals surface area (Å²) in [5.41, 5.74) is 2.36. The molecular formula is C13H18N4. The molecule has 0 bridgehead atoms. The lowest BCUT2D eigenvalue weighted by Gasteiger charge is -2.13. The molecule has 0 aliphatic heterocycles. The van der Waals surface area contributed by atoms with Crippen molar-refractivity contribution in [2.45, 2.75) is 6.54 Å². The van der Waals surface area contributed by atoms with Gasteiger partial charge in [0.2, 0.25) is 0 Å². The van der Waals surface area contributed by atoms with E-state index in [0.29, 0.717) is 0 Å². The fraction of sp³-hybridized carbons (Fsp3) is 0.308. The number of anilines is 2. The molecule has 2 rings (SSSR count). The summed E-state index contributed by atoms with van der Waals surface area (Å²) in [6.07, 6.45) is 5.60. The molecule has 2 aromatic rings. The van der Waals surface area contributed by atoms with Crippen LogP contribution in [0.15, 0.2) is 43.0 Å². The molecule has 4 nitrogen and oxygen atoms in total. The molecule has 1 heterocycles. The molecule has 1 N–H and O–H groups in total. The lowest BCUT2D eigenvalue weighted by Crippen LogP contribution is -2.10. The van der Waals surface area contributed by atoms with Crippen LogP contribution in [0.5, 0.6) is 0 Å². The molecule has 0 saturated carbocycles. The zero-order chi connectivity index (χ0) is 12.1. The molecule has 4 heteroatoms. The zero-order valence-electron chi connectivity index (χ0n) is 10.3. The van der Waals surface area contributed by atoms with Gasteiger partial charge in [0, 0.05) is 51.0 Å². The molecule has 0 unspecified atom stereocenters. The summed E-state index contributed by atoms with van der Waals surface area (Å²) in [7, 11) is 4.09. The maximum Gasteiger partial charge on any atom is 0.0946 e. The number of nitrogens with zero attached hydrogens (tertiary/aromatic N) is 3. The third-order valence-electron chi connectivity index (χ3n) is 2.64. The van der Waals surface area contributed by atoms with Crippen LogP contribution in [0.2, 0.25) is 0 Å². The number of benzene rings is 1. The molecule has 0 radical (unpaired) electrons. The number of hydrogen-bond donors (Lipinski definition) is 1. The summed E-state index contributed by atoms with van der Waals surface area (Å²) < 4.78 is 2.06. The van der Waals surface area contributed by atoms with Crippen LogP contribution in [0.3, 0.4) is 0 Å². The third kappa shape index (κ3) is 3.24. The number of imidazole rings is 1. The first-order valence-corrected chi connectivity index (χ1v) is 5.73. The Morgan fingerprint density at radius 2 is 2.00 bits per heavy atom. The van der Waals surface area contributed by atoms with E-state index < -0.39 is 0 Å². The Hall–Kier alpha value is -1.97. The van der Waals surface area contributed by atoms with Crippen molar-refractivity contribution < 1.29 is 0 Å².